The van der Waals surface area contributed by atoms with E-state index in [-0.39, 0.29) is 5.91 Å². The highest BCUT2D eigenvalue weighted by atomic mass is 16.1. The van der Waals surface area contributed by atoms with Crippen LogP contribution in [0.15, 0.2) is 18.2 Å². The van der Waals surface area contributed by atoms with Crippen molar-refractivity contribution >= 4 is 17.3 Å². The second-order valence-corrected chi connectivity index (χ2v) is 4.98. The maximum absolute atomic E-state index is 10.9. The van der Waals surface area contributed by atoms with Crippen LogP contribution >= 0.6 is 0 Å². The Kier molecular flexibility index (Phi) is 3.91. The molecular formula is C14H18N4O. The quantitative estimate of drug-likeness (QED) is 0.797. The van der Waals surface area contributed by atoms with E-state index in [9.17, 15) is 4.79 Å². The molecule has 0 aliphatic carbocycles. The average molecular weight is 258 g/mol. The van der Waals surface area contributed by atoms with E-state index < -0.39 is 0 Å². The first-order chi connectivity index (χ1) is 9.10. The summed E-state index contributed by atoms with van der Waals surface area (Å²) < 4.78 is 0. The van der Waals surface area contributed by atoms with Crippen molar-refractivity contribution in [2.45, 2.75) is 19.3 Å². The lowest BCUT2D eigenvalue weighted by atomic mass is 9.93. The Hall–Kier alpha value is -2.22. The van der Waals surface area contributed by atoms with Gasteiger partial charge in [-0.3, -0.25) is 4.79 Å². The highest BCUT2D eigenvalue weighted by Crippen LogP contribution is 2.27. The fraction of sp³-hybridized carbons (Fsp3) is 0.429. The Morgan fingerprint density at radius 3 is 2.63 bits per heavy atom. The smallest absolute Gasteiger partial charge is 0.217 e. The summed E-state index contributed by atoms with van der Waals surface area (Å²) in [6.07, 6.45) is 2.40. The van der Waals surface area contributed by atoms with Crippen LogP contribution in [0, 0.1) is 17.2 Å². The van der Waals surface area contributed by atoms with E-state index >= 15 is 0 Å². The summed E-state index contributed by atoms with van der Waals surface area (Å²) in [5, 5.41) is 8.85. The number of nitriles is 1. The van der Waals surface area contributed by atoms with Crippen molar-refractivity contribution in [1.82, 2.24) is 0 Å². The third-order valence-electron chi connectivity index (χ3n) is 3.63. The van der Waals surface area contributed by atoms with Crippen LogP contribution < -0.4 is 16.4 Å². The van der Waals surface area contributed by atoms with Gasteiger partial charge in [-0.2, -0.15) is 5.26 Å². The second kappa shape index (κ2) is 5.61. The van der Waals surface area contributed by atoms with Gasteiger partial charge in [-0.05, 0) is 37.0 Å². The molecule has 1 fully saturated rings. The van der Waals surface area contributed by atoms with Gasteiger partial charge in [0.1, 0.15) is 6.07 Å². The van der Waals surface area contributed by atoms with Crippen molar-refractivity contribution in [1.29, 1.82) is 5.26 Å². The highest BCUT2D eigenvalue weighted by molar-refractivity contribution is 5.74. The molecule has 0 spiro atoms. The molecular weight excluding hydrogens is 240 g/mol. The van der Waals surface area contributed by atoms with Gasteiger partial charge in [0.2, 0.25) is 5.91 Å². The van der Waals surface area contributed by atoms with Crippen LogP contribution in [-0.2, 0) is 4.79 Å². The van der Waals surface area contributed by atoms with Crippen molar-refractivity contribution in [3.05, 3.63) is 23.8 Å². The number of anilines is 2. The molecule has 0 radical (unpaired) electrons. The fourth-order valence-electron chi connectivity index (χ4n) is 2.53. The first-order valence-electron chi connectivity index (χ1n) is 6.43. The summed E-state index contributed by atoms with van der Waals surface area (Å²) in [5.74, 6) is 0.172. The SMILES string of the molecule is N#Cc1ccc(N2CCC(CC(N)=O)CC2)cc1N. The summed E-state index contributed by atoms with van der Waals surface area (Å²) in [7, 11) is 0. The molecule has 1 amide bonds. The van der Waals surface area contributed by atoms with Gasteiger partial charge >= 0.3 is 0 Å². The number of nitrogens with zero attached hydrogens (tertiary/aromatic N) is 2. The molecule has 2 rings (SSSR count). The molecule has 1 aromatic rings. The number of nitrogens with two attached hydrogens (primary N) is 2. The summed E-state index contributed by atoms with van der Waals surface area (Å²) in [6, 6.07) is 7.57. The van der Waals surface area contributed by atoms with Crippen LogP contribution in [0.5, 0.6) is 0 Å². The van der Waals surface area contributed by atoms with Gasteiger partial charge in [0.15, 0.2) is 0 Å². The number of carbonyl (C=O) groups is 1. The molecule has 0 aromatic heterocycles. The minimum Gasteiger partial charge on any atom is -0.398 e. The third-order valence-corrected chi connectivity index (χ3v) is 3.63. The largest absolute Gasteiger partial charge is 0.398 e. The van der Waals surface area contributed by atoms with Crippen molar-refractivity contribution in [2.24, 2.45) is 11.7 Å². The molecule has 4 N–H and O–H groups in total. The third kappa shape index (κ3) is 3.16. The van der Waals surface area contributed by atoms with Gasteiger partial charge in [0, 0.05) is 25.2 Å². The molecule has 0 bridgehead atoms. The predicted octanol–water partition coefficient (Wildman–Crippen LogP) is 1.23. The van der Waals surface area contributed by atoms with E-state index in [1.165, 1.54) is 0 Å². The normalized spacial score (nSPS) is 16.1. The average Bonchev–Trinajstić information content (AvgIpc) is 2.39. The molecule has 0 saturated carbocycles. The Balaban J connectivity index is 2.00. The van der Waals surface area contributed by atoms with Gasteiger partial charge in [-0.25, -0.2) is 0 Å². The van der Waals surface area contributed by atoms with Crippen molar-refractivity contribution in [3.63, 3.8) is 0 Å². The maximum Gasteiger partial charge on any atom is 0.217 e. The van der Waals surface area contributed by atoms with Crippen LogP contribution in [0.2, 0.25) is 0 Å². The van der Waals surface area contributed by atoms with E-state index in [4.69, 9.17) is 16.7 Å². The van der Waals surface area contributed by atoms with E-state index in [0.717, 1.165) is 31.6 Å². The summed E-state index contributed by atoms with van der Waals surface area (Å²) in [5.41, 5.74) is 13.1. The van der Waals surface area contributed by atoms with E-state index in [2.05, 4.69) is 11.0 Å². The molecule has 1 aromatic carbocycles. The monoisotopic (exact) mass is 258 g/mol. The maximum atomic E-state index is 10.9. The predicted molar refractivity (Wildman–Crippen MR) is 74.3 cm³/mol. The number of amides is 1. The van der Waals surface area contributed by atoms with Gasteiger partial charge in [-0.15, -0.1) is 0 Å². The summed E-state index contributed by atoms with van der Waals surface area (Å²) >= 11 is 0. The first kappa shape index (κ1) is 13.2. The number of hydrogen-bond acceptors (Lipinski definition) is 4. The number of rotatable bonds is 3. The highest BCUT2D eigenvalue weighted by Gasteiger charge is 2.21. The Labute approximate surface area is 112 Å². The van der Waals surface area contributed by atoms with Crippen molar-refractivity contribution < 1.29 is 4.79 Å². The van der Waals surface area contributed by atoms with E-state index in [1.54, 1.807) is 6.07 Å². The molecule has 5 heteroatoms. The number of nitrogen functional groups attached to an aromatic ring is 1. The molecule has 1 saturated heterocycles. The zero-order valence-corrected chi connectivity index (χ0v) is 10.8. The minimum absolute atomic E-state index is 0.221. The molecule has 100 valence electrons. The number of carbonyl (C=O) groups excluding carboxylic acids is 1. The van der Waals surface area contributed by atoms with Crippen LogP contribution in [0.4, 0.5) is 11.4 Å². The lowest BCUT2D eigenvalue weighted by Crippen LogP contribution is -2.35. The van der Waals surface area contributed by atoms with Gasteiger partial charge < -0.3 is 16.4 Å². The van der Waals surface area contributed by atoms with Gasteiger partial charge in [-0.1, -0.05) is 0 Å². The minimum atomic E-state index is -0.221. The molecule has 1 aliphatic rings. The number of piperidine rings is 1. The molecule has 5 nitrogen and oxygen atoms in total. The van der Waals surface area contributed by atoms with Crippen LogP contribution in [0.1, 0.15) is 24.8 Å². The Bertz CT molecular complexity index is 513. The lowest BCUT2D eigenvalue weighted by Gasteiger charge is -2.33. The molecule has 19 heavy (non-hydrogen) atoms. The zero-order valence-electron chi connectivity index (χ0n) is 10.8. The Morgan fingerprint density at radius 1 is 1.42 bits per heavy atom. The standard InChI is InChI=1S/C14H18N4O/c15-9-11-1-2-12(8-13(11)16)18-5-3-10(4-6-18)7-14(17)19/h1-2,8,10H,3-7,16H2,(H2,17,19). The topological polar surface area (TPSA) is 96.1 Å². The molecule has 1 heterocycles. The summed E-state index contributed by atoms with van der Waals surface area (Å²) in [4.78, 5) is 13.1. The van der Waals surface area contributed by atoms with Crippen LogP contribution in [0.3, 0.4) is 0 Å². The Morgan fingerprint density at radius 2 is 2.11 bits per heavy atom. The second-order valence-electron chi connectivity index (χ2n) is 4.98. The lowest BCUT2D eigenvalue weighted by molar-refractivity contribution is -0.119. The number of hydrogen-bond donors (Lipinski definition) is 2. The van der Waals surface area contributed by atoms with Gasteiger partial charge in [0.25, 0.3) is 0 Å². The van der Waals surface area contributed by atoms with Gasteiger partial charge in [0.05, 0.1) is 11.3 Å². The molecule has 0 unspecified atom stereocenters. The number of benzene rings is 1. The number of primary amides is 1. The van der Waals surface area contributed by atoms with Crippen LogP contribution in [-0.4, -0.2) is 19.0 Å². The van der Waals surface area contributed by atoms with Crippen molar-refractivity contribution in [2.75, 3.05) is 23.7 Å². The summed E-state index contributed by atoms with van der Waals surface area (Å²) in [6.45, 7) is 1.78. The van der Waals surface area contributed by atoms with E-state index in [1.807, 2.05) is 12.1 Å². The van der Waals surface area contributed by atoms with Crippen LogP contribution in [0.25, 0.3) is 0 Å². The zero-order chi connectivity index (χ0) is 13.8. The fourth-order valence-corrected chi connectivity index (χ4v) is 2.53. The first-order valence-corrected chi connectivity index (χ1v) is 6.43. The molecule has 0 atom stereocenters. The van der Waals surface area contributed by atoms with Crippen molar-refractivity contribution in [3.8, 4) is 6.07 Å². The molecule has 1 aliphatic heterocycles. The van der Waals surface area contributed by atoms with E-state index in [0.29, 0.717) is 23.6 Å².